The highest BCUT2D eigenvalue weighted by Gasteiger charge is 2.01. The van der Waals surface area contributed by atoms with Crippen molar-refractivity contribution in [1.29, 1.82) is 0 Å². The molecular weight excluding hydrogens is 182 g/mol. The van der Waals surface area contributed by atoms with Crippen LogP contribution < -0.4 is 11.1 Å². The molecule has 5 nitrogen and oxygen atoms in total. The van der Waals surface area contributed by atoms with E-state index in [1.165, 1.54) is 6.26 Å². The predicted molar refractivity (Wildman–Crippen MR) is 51.3 cm³/mol. The van der Waals surface area contributed by atoms with E-state index in [2.05, 4.69) is 15.0 Å². The summed E-state index contributed by atoms with van der Waals surface area (Å²) in [6.07, 6.45) is 3.73. The fraction of sp³-hybridized carbons (Fsp3) is 0.556. The van der Waals surface area contributed by atoms with E-state index in [9.17, 15) is 4.79 Å². The van der Waals surface area contributed by atoms with E-state index in [-0.39, 0.29) is 5.91 Å². The Labute approximate surface area is 82.6 Å². The monoisotopic (exact) mass is 197 g/mol. The number of nitrogens with two attached hydrogens (primary N) is 1. The van der Waals surface area contributed by atoms with Crippen molar-refractivity contribution in [1.82, 2.24) is 10.5 Å². The molecule has 1 heterocycles. The van der Waals surface area contributed by atoms with Crippen LogP contribution in [0.25, 0.3) is 0 Å². The van der Waals surface area contributed by atoms with E-state index < -0.39 is 0 Å². The van der Waals surface area contributed by atoms with Crippen LogP contribution in [0.5, 0.6) is 0 Å². The molecule has 78 valence electrons. The summed E-state index contributed by atoms with van der Waals surface area (Å²) in [4.78, 5) is 11.2. The second kappa shape index (κ2) is 6.15. The van der Waals surface area contributed by atoms with Crippen LogP contribution in [0, 0.1) is 0 Å². The average molecular weight is 197 g/mol. The molecule has 0 fully saturated rings. The minimum atomic E-state index is 0.0291. The van der Waals surface area contributed by atoms with Crippen molar-refractivity contribution in [2.45, 2.75) is 25.8 Å². The molecule has 0 aliphatic rings. The number of hydrogen-bond acceptors (Lipinski definition) is 4. The van der Waals surface area contributed by atoms with E-state index in [0.29, 0.717) is 19.5 Å². The predicted octanol–water partition coefficient (Wildman–Crippen LogP) is 0.420. The Morgan fingerprint density at radius 2 is 2.43 bits per heavy atom. The van der Waals surface area contributed by atoms with Crippen molar-refractivity contribution in [3.63, 3.8) is 0 Å². The molecule has 0 aliphatic heterocycles. The van der Waals surface area contributed by atoms with Gasteiger partial charge in [0.1, 0.15) is 12.0 Å². The molecule has 1 aromatic rings. The van der Waals surface area contributed by atoms with Crippen LogP contribution in [-0.4, -0.2) is 17.6 Å². The lowest BCUT2D eigenvalue weighted by atomic mass is 10.2. The van der Waals surface area contributed by atoms with Gasteiger partial charge in [0, 0.05) is 12.5 Å². The molecule has 14 heavy (non-hydrogen) atoms. The van der Waals surface area contributed by atoms with Crippen LogP contribution in [0.4, 0.5) is 0 Å². The zero-order valence-electron chi connectivity index (χ0n) is 8.03. The van der Waals surface area contributed by atoms with Crippen LogP contribution in [0.2, 0.25) is 0 Å². The Kier molecular flexibility index (Phi) is 4.71. The van der Waals surface area contributed by atoms with Gasteiger partial charge in [-0.15, -0.1) is 0 Å². The van der Waals surface area contributed by atoms with Crippen LogP contribution in [0.3, 0.4) is 0 Å². The molecule has 0 unspecified atom stereocenters. The quantitative estimate of drug-likeness (QED) is 0.647. The highest BCUT2D eigenvalue weighted by Crippen LogP contribution is 1.96. The third-order valence-electron chi connectivity index (χ3n) is 1.82. The SMILES string of the molecule is NCCCCC(=O)NCc1ccon1. The first-order valence-corrected chi connectivity index (χ1v) is 4.69. The van der Waals surface area contributed by atoms with E-state index in [4.69, 9.17) is 5.73 Å². The molecule has 1 amide bonds. The Morgan fingerprint density at radius 3 is 3.07 bits per heavy atom. The van der Waals surface area contributed by atoms with Gasteiger partial charge >= 0.3 is 0 Å². The van der Waals surface area contributed by atoms with Crippen LogP contribution in [0.15, 0.2) is 16.9 Å². The summed E-state index contributed by atoms with van der Waals surface area (Å²) in [5.74, 6) is 0.0291. The standard InChI is InChI=1S/C9H15N3O2/c10-5-2-1-3-9(13)11-7-8-4-6-14-12-8/h4,6H,1-3,5,7,10H2,(H,11,13). The number of unbranched alkanes of at least 4 members (excludes halogenated alkanes) is 1. The molecule has 3 N–H and O–H groups in total. The lowest BCUT2D eigenvalue weighted by molar-refractivity contribution is -0.121. The largest absolute Gasteiger partial charge is 0.364 e. The Balaban J connectivity index is 2.09. The van der Waals surface area contributed by atoms with Gasteiger partial charge in [-0.25, -0.2) is 0 Å². The van der Waals surface area contributed by atoms with Crippen molar-refractivity contribution < 1.29 is 9.32 Å². The summed E-state index contributed by atoms with van der Waals surface area (Å²) in [6, 6.07) is 1.72. The number of nitrogens with zero attached hydrogens (tertiary/aromatic N) is 1. The highest BCUT2D eigenvalue weighted by molar-refractivity contribution is 5.75. The Morgan fingerprint density at radius 1 is 1.57 bits per heavy atom. The number of carbonyl (C=O) groups excluding carboxylic acids is 1. The zero-order valence-corrected chi connectivity index (χ0v) is 8.03. The van der Waals surface area contributed by atoms with Crippen molar-refractivity contribution >= 4 is 5.91 Å². The second-order valence-corrected chi connectivity index (χ2v) is 3.01. The summed E-state index contributed by atoms with van der Waals surface area (Å²) in [5.41, 5.74) is 6.05. The topological polar surface area (TPSA) is 81.2 Å². The number of rotatable bonds is 6. The van der Waals surface area contributed by atoms with Crippen molar-refractivity contribution in [2.75, 3.05) is 6.54 Å². The summed E-state index contributed by atoms with van der Waals surface area (Å²) < 4.78 is 4.63. The van der Waals surface area contributed by atoms with Gasteiger partial charge in [0.25, 0.3) is 0 Å². The van der Waals surface area contributed by atoms with Crippen molar-refractivity contribution in [3.8, 4) is 0 Å². The van der Waals surface area contributed by atoms with Crippen LogP contribution in [-0.2, 0) is 11.3 Å². The maximum absolute atomic E-state index is 11.2. The normalized spacial score (nSPS) is 10.1. The van der Waals surface area contributed by atoms with Gasteiger partial charge in [-0.1, -0.05) is 5.16 Å². The number of carbonyl (C=O) groups is 1. The lowest BCUT2D eigenvalue weighted by Gasteiger charge is -2.01. The summed E-state index contributed by atoms with van der Waals surface area (Å²) in [7, 11) is 0. The molecule has 0 atom stereocenters. The van der Waals surface area contributed by atoms with Gasteiger partial charge < -0.3 is 15.6 Å². The van der Waals surface area contributed by atoms with E-state index in [1.54, 1.807) is 6.07 Å². The fourth-order valence-electron chi connectivity index (χ4n) is 1.04. The third kappa shape index (κ3) is 4.04. The molecule has 0 saturated heterocycles. The van der Waals surface area contributed by atoms with E-state index in [1.807, 2.05) is 0 Å². The first-order valence-electron chi connectivity index (χ1n) is 4.69. The first-order chi connectivity index (χ1) is 6.83. The molecule has 0 aliphatic carbocycles. The molecule has 1 aromatic heterocycles. The molecule has 0 bridgehead atoms. The molecule has 0 radical (unpaired) electrons. The lowest BCUT2D eigenvalue weighted by Crippen LogP contribution is -2.22. The average Bonchev–Trinajstić information content (AvgIpc) is 2.68. The smallest absolute Gasteiger partial charge is 0.220 e. The third-order valence-corrected chi connectivity index (χ3v) is 1.82. The van der Waals surface area contributed by atoms with Gasteiger partial charge in [0.15, 0.2) is 0 Å². The minimum Gasteiger partial charge on any atom is -0.364 e. The maximum Gasteiger partial charge on any atom is 0.220 e. The Bertz CT molecular complexity index is 259. The van der Waals surface area contributed by atoms with E-state index >= 15 is 0 Å². The molecule has 5 heteroatoms. The minimum absolute atomic E-state index is 0.0291. The molecule has 0 saturated carbocycles. The van der Waals surface area contributed by atoms with Crippen LogP contribution in [0.1, 0.15) is 25.0 Å². The van der Waals surface area contributed by atoms with Gasteiger partial charge in [-0.2, -0.15) is 0 Å². The molecule has 0 aromatic carbocycles. The highest BCUT2D eigenvalue weighted by atomic mass is 16.5. The number of amides is 1. The van der Waals surface area contributed by atoms with Gasteiger partial charge in [-0.3, -0.25) is 4.79 Å². The summed E-state index contributed by atoms with van der Waals surface area (Å²) in [5, 5.41) is 6.42. The van der Waals surface area contributed by atoms with Gasteiger partial charge in [0.2, 0.25) is 5.91 Å². The van der Waals surface area contributed by atoms with Crippen molar-refractivity contribution in [3.05, 3.63) is 18.0 Å². The summed E-state index contributed by atoms with van der Waals surface area (Å²) in [6.45, 7) is 1.06. The second-order valence-electron chi connectivity index (χ2n) is 3.01. The number of hydrogen-bond donors (Lipinski definition) is 2. The molecular formula is C9H15N3O2. The summed E-state index contributed by atoms with van der Waals surface area (Å²) >= 11 is 0. The Hall–Kier alpha value is -1.36. The number of aromatic nitrogens is 1. The first kappa shape index (κ1) is 10.7. The number of nitrogens with one attached hydrogen (secondary N) is 1. The van der Waals surface area contributed by atoms with Gasteiger partial charge in [0.05, 0.1) is 6.54 Å². The van der Waals surface area contributed by atoms with E-state index in [0.717, 1.165) is 18.5 Å². The molecule has 1 rings (SSSR count). The van der Waals surface area contributed by atoms with Crippen molar-refractivity contribution in [2.24, 2.45) is 5.73 Å². The zero-order chi connectivity index (χ0) is 10.2. The van der Waals surface area contributed by atoms with Gasteiger partial charge in [-0.05, 0) is 19.4 Å². The fourth-order valence-corrected chi connectivity index (χ4v) is 1.04. The maximum atomic E-state index is 11.2. The van der Waals surface area contributed by atoms with Crippen LogP contribution >= 0.6 is 0 Å². The molecule has 0 spiro atoms.